The van der Waals surface area contributed by atoms with Crippen LogP contribution in [0, 0.1) is 10.8 Å². The molecule has 8 nitrogen and oxygen atoms in total. The highest BCUT2D eigenvalue weighted by Crippen LogP contribution is 2.58. The van der Waals surface area contributed by atoms with Crippen molar-refractivity contribution in [1.82, 2.24) is 10.2 Å². The number of hydrogen-bond donors (Lipinski definition) is 1. The summed E-state index contributed by atoms with van der Waals surface area (Å²) in [6.07, 6.45) is 4.13. The summed E-state index contributed by atoms with van der Waals surface area (Å²) in [6.45, 7) is 4.99. The van der Waals surface area contributed by atoms with E-state index in [0.29, 0.717) is 12.1 Å². The maximum atomic E-state index is 13.2. The minimum Gasteiger partial charge on any atom is -0.489 e. The molecule has 10 heteroatoms. The summed E-state index contributed by atoms with van der Waals surface area (Å²) in [5.74, 6) is 0.610. The summed E-state index contributed by atoms with van der Waals surface area (Å²) in [5.41, 5.74) is -1.08. The van der Waals surface area contributed by atoms with Crippen molar-refractivity contribution in [2.24, 2.45) is 10.8 Å². The van der Waals surface area contributed by atoms with Crippen LogP contribution in [0.4, 0.5) is 9.18 Å². The minimum atomic E-state index is -3.53. The lowest BCUT2D eigenvalue weighted by Crippen LogP contribution is -2.51. The normalized spacial score (nSPS) is 23.9. The predicted octanol–water partition coefficient (Wildman–Crippen LogP) is 4.65. The van der Waals surface area contributed by atoms with Gasteiger partial charge in [0.15, 0.2) is 9.84 Å². The molecular weight excluding hydrogens is 499 g/mol. The summed E-state index contributed by atoms with van der Waals surface area (Å²) in [6, 6.07) is 6.10. The molecule has 0 saturated heterocycles. The van der Waals surface area contributed by atoms with Crippen LogP contribution in [0.5, 0.6) is 5.75 Å². The lowest BCUT2D eigenvalue weighted by Gasteiger charge is -2.53. The number of ether oxygens (including phenoxy) is 2. The van der Waals surface area contributed by atoms with Crippen LogP contribution in [-0.2, 0) is 19.4 Å². The molecule has 2 amide bonds. The van der Waals surface area contributed by atoms with Gasteiger partial charge in [-0.2, -0.15) is 0 Å². The summed E-state index contributed by atoms with van der Waals surface area (Å²) in [7, 11) is 0.0258. The highest BCUT2D eigenvalue weighted by molar-refractivity contribution is 7.91. The Bertz CT molecular complexity index is 1100. The standard InChI is InChI=1S/C27H39FN2O6S/c1-25(2,3)36-24(32)29-17-20(16-28)18-35-21-6-8-22(9-7-21)37(33,34)19-26-10-13-27(14-11-26,15-12-26)23(31)30(4)5/h6-9,16H,10-15,17-19H2,1-5H3,(H,29,32)/b20-16+. The molecule has 0 heterocycles. The Labute approximate surface area is 219 Å². The molecule has 206 valence electrons. The van der Waals surface area contributed by atoms with Crippen LogP contribution in [0.3, 0.4) is 0 Å². The van der Waals surface area contributed by atoms with Gasteiger partial charge in [-0.1, -0.05) is 0 Å². The van der Waals surface area contributed by atoms with E-state index in [-0.39, 0.29) is 46.1 Å². The third-order valence-corrected chi connectivity index (χ3v) is 9.36. The Morgan fingerprint density at radius 2 is 1.62 bits per heavy atom. The van der Waals surface area contributed by atoms with E-state index >= 15 is 0 Å². The molecule has 3 aliphatic carbocycles. The van der Waals surface area contributed by atoms with Gasteiger partial charge in [-0.05, 0) is 89.0 Å². The van der Waals surface area contributed by atoms with Crippen LogP contribution in [0.1, 0.15) is 59.3 Å². The summed E-state index contributed by atoms with van der Waals surface area (Å²) in [4.78, 5) is 26.3. The Hall–Kier alpha value is -2.62. The maximum Gasteiger partial charge on any atom is 0.407 e. The van der Waals surface area contributed by atoms with Gasteiger partial charge in [0.25, 0.3) is 0 Å². The highest BCUT2D eigenvalue weighted by Gasteiger charge is 2.54. The molecule has 3 aliphatic rings. The van der Waals surface area contributed by atoms with E-state index in [2.05, 4.69) is 5.32 Å². The number of carbonyl (C=O) groups is 2. The van der Waals surface area contributed by atoms with Gasteiger partial charge in [-0.25, -0.2) is 17.6 Å². The number of amides is 2. The van der Waals surface area contributed by atoms with Gasteiger partial charge < -0.3 is 19.7 Å². The Kier molecular flexibility index (Phi) is 8.61. The molecule has 1 N–H and O–H groups in total. The molecule has 3 saturated carbocycles. The molecule has 0 unspecified atom stereocenters. The number of hydrogen-bond acceptors (Lipinski definition) is 6. The van der Waals surface area contributed by atoms with Crippen molar-refractivity contribution in [3.63, 3.8) is 0 Å². The fraction of sp³-hybridized carbons (Fsp3) is 0.630. The average Bonchev–Trinajstić information content (AvgIpc) is 2.83. The molecule has 0 aromatic heterocycles. The van der Waals surface area contributed by atoms with Gasteiger partial charge in [0.2, 0.25) is 5.91 Å². The molecule has 0 aliphatic heterocycles. The highest BCUT2D eigenvalue weighted by atomic mass is 32.2. The van der Waals surface area contributed by atoms with E-state index in [1.807, 2.05) is 0 Å². The third-order valence-electron chi connectivity index (χ3n) is 7.38. The molecule has 37 heavy (non-hydrogen) atoms. The zero-order valence-electron chi connectivity index (χ0n) is 22.4. The van der Waals surface area contributed by atoms with Gasteiger partial charge in [-0.15, -0.1) is 0 Å². The molecule has 2 bridgehead atoms. The Balaban J connectivity index is 1.54. The quantitative estimate of drug-likeness (QED) is 0.491. The van der Waals surface area contributed by atoms with Crippen molar-refractivity contribution in [1.29, 1.82) is 0 Å². The Morgan fingerprint density at radius 1 is 1.05 bits per heavy atom. The molecule has 3 fully saturated rings. The number of nitrogens with one attached hydrogen (secondary N) is 1. The molecule has 1 aromatic rings. The van der Waals surface area contributed by atoms with E-state index in [1.54, 1.807) is 51.9 Å². The van der Waals surface area contributed by atoms with Crippen LogP contribution in [0.25, 0.3) is 0 Å². The van der Waals surface area contributed by atoms with Crippen molar-refractivity contribution in [2.45, 2.75) is 69.8 Å². The number of alkyl carbamates (subject to hydrolysis) is 1. The molecule has 1 aromatic carbocycles. The van der Waals surface area contributed by atoms with Crippen LogP contribution in [0.15, 0.2) is 41.1 Å². The van der Waals surface area contributed by atoms with Crippen molar-refractivity contribution in [3.05, 3.63) is 36.2 Å². The van der Waals surface area contributed by atoms with E-state index in [1.165, 1.54) is 12.1 Å². The number of benzene rings is 1. The zero-order chi connectivity index (χ0) is 27.5. The first-order valence-electron chi connectivity index (χ1n) is 12.6. The van der Waals surface area contributed by atoms with Crippen molar-refractivity contribution in [3.8, 4) is 5.75 Å². The van der Waals surface area contributed by atoms with E-state index in [9.17, 15) is 22.4 Å². The SMILES string of the molecule is CN(C)C(=O)C12CCC(CS(=O)(=O)c3ccc(OC/C(=C/F)CNC(=O)OC(C)(C)C)cc3)(CC1)CC2. The second kappa shape index (κ2) is 11.0. The lowest BCUT2D eigenvalue weighted by atomic mass is 9.54. The van der Waals surface area contributed by atoms with Gasteiger partial charge >= 0.3 is 6.09 Å². The van der Waals surface area contributed by atoms with Gasteiger partial charge in [0, 0.05) is 31.6 Å². The fourth-order valence-electron chi connectivity index (χ4n) is 5.30. The number of sulfone groups is 1. The molecule has 4 rings (SSSR count). The van der Waals surface area contributed by atoms with Crippen LogP contribution < -0.4 is 10.1 Å². The summed E-state index contributed by atoms with van der Waals surface area (Å²) >= 11 is 0. The second-order valence-electron chi connectivity index (χ2n) is 11.6. The molecular formula is C27H39FN2O6S. The van der Waals surface area contributed by atoms with Crippen LogP contribution in [0.2, 0.25) is 0 Å². The first-order chi connectivity index (χ1) is 17.2. The van der Waals surface area contributed by atoms with Crippen LogP contribution >= 0.6 is 0 Å². The zero-order valence-corrected chi connectivity index (χ0v) is 23.3. The minimum absolute atomic E-state index is 0.0670. The number of rotatable bonds is 9. The number of fused-ring (bicyclic) bond motifs is 3. The topological polar surface area (TPSA) is 102 Å². The van der Waals surface area contributed by atoms with Gasteiger partial charge in [0.1, 0.15) is 18.0 Å². The molecule has 0 radical (unpaired) electrons. The first kappa shape index (κ1) is 28.9. The predicted molar refractivity (Wildman–Crippen MR) is 139 cm³/mol. The lowest BCUT2D eigenvalue weighted by molar-refractivity contribution is -0.148. The fourth-order valence-corrected chi connectivity index (χ4v) is 7.26. The number of nitrogens with zero attached hydrogens (tertiary/aromatic N) is 1. The Morgan fingerprint density at radius 3 is 2.11 bits per heavy atom. The van der Waals surface area contributed by atoms with E-state index in [0.717, 1.165) is 38.5 Å². The summed E-state index contributed by atoms with van der Waals surface area (Å²) < 4.78 is 50.4. The molecule has 0 atom stereocenters. The van der Waals surface area contributed by atoms with Crippen LogP contribution in [-0.4, -0.2) is 63.9 Å². The number of halogens is 1. The number of carbonyl (C=O) groups excluding carboxylic acids is 2. The monoisotopic (exact) mass is 538 g/mol. The van der Waals surface area contributed by atoms with E-state index < -0.39 is 21.5 Å². The van der Waals surface area contributed by atoms with Gasteiger partial charge in [-0.3, -0.25) is 4.79 Å². The van der Waals surface area contributed by atoms with Crippen molar-refractivity contribution in [2.75, 3.05) is 33.0 Å². The second-order valence-corrected chi connectivity index (χ2v) is 13.6. The maximum absolute atomic E-state index is 13.2. The van der Waals surface area contributed by atoms with Gasteiger partial charge in [0.05, 0.1) is 17.0 Å². The largest absolute Gasteiger partial charge is 0.489 e. The van der Waals surface area contributed by atoms with Crippen molar-refractivity contribution < 1.29 is 31.9 Å². The third kappa shape index (κ3) is 7.24. The van der Waals surface area contributed by atoms with Crippen molar-refractivity contribution >= 4 is 21.8 Å². The first-order valence-corrected chi connectivity index (χ1v) is 14.3. The van der Waals surface area contributed by atoms with E-state index in [4.69, 9.17) is 9.47 Å². The summed E-state index contributed by atoms with van der Waals surface area (Å²) in [5, 5.41) is 2.47. The smallest absolute Gasteiger partial charge is 0.407 e. The molecule has 0 spiro atoms. The average molecular weight is 539 g/mol.